The molecule has 2 rings (SSSR count). The van der Waals surface area contributed by atoms with Gasteiger partial charge in [0.05, 0.1) is 13.2 Å². The van der Waals surface area contributed by atoms with E-state index >= 15 is 0 Å². The van der Waals surface area contributed by atoms with Crippen LogP contribution in [0.5, 0.6) is 5.75 Å². The fourth-order valence-electron chi connectivity index (χ4n) is 1.69. The van der Waals surface area contributed by atoms with Gasteiger partial charge in [-0.3, -0.25) is 0 Å². The Bertz CT molecular complexity index is 657. The van der Waals surface area contributed by atoms with E-state index in [0.717, 1.165) is 0 Å². The van der Waals surface area contributed by atoms with E-state index < -0.39 is 5.97 Å². The molecule has 0 aliphatic carbocycles. The predicted molar refractivity (Wildman–Crippen MR) is 64.6 cm³/mol. The summed E-state index contributed by atoms with van der Waals surface area (Å²) < 4.78 is 6.34. The van der Waals surface area contributed by atoms with Crippen molar-refractivity contribution in [1.29, 1.82) is 5.26 Å². The van der Waals surface area contributed by atoms with Crippen LogP contribution in [0, 0.1) is 11.3 Å². The molecule has 1 aromatic heterocycles. The molecule has 0 aliphatic rings. The van der Waals surface area contributed by atoms with Crippen LogP contribution in [0.3, 0.4) is 0 Å². The number of benzene rings is 1. The van der Waals surface area contributed by atoms with Gasteiger partial charge in [-0.2, -0.15) is 5.26 Å². The predicted octanol–water partition coefficient (Wildman–Crippen LogP) is 1.18. The number of nitrogens with zero attached hydrogens (tertiary/aromatic N) is 4. The summed E-state index contributed by atoms with van der Waals surface area (Å²) in [6.45, 7) is -0.0766. The molecule has 0 aliphatic heterocycles. The zero-order chi connectivity index (χ0) is 13.8. The minimum atomic E-state index is -1.19. The Hall–Kier alpha value is -2.88. The van der Waals surface area contributed by atoms with Crippen molar-refractivity contribution >= 4 is 5.97 Å². The number of carboxylic acids is 1. The lowest BCUT2D eigenvalue weighted by atomic mass is 10.1. The van der Waals surface area contributed by atoms with Crippen molar-refractivity contribution in [3.63, 3.8) is 0 Å². The lowest BCUT2D eigenvalue weighted by Crippen LogP contribution is -2.04. The summed E-state index contributed by atoms with van der Waals surface area (Å²) >= 11 is 0. The Kier molecular flexibility index (Phi) is 3.43. The monoisotopic (exact) mass is 258 g/mol. The second-order valence-corrected chi connectivity index (χ2v) is 3.64. The average molecular weight is 258 g/mol. The van der Waals surface area contributed by atoms with Gasteiger partial charge in [0, 0.05) is 5.56 Å². The maximum atomic E-state index is 11.1. The van der Waals surface area contributed by atoms with E-state index in [1.165, 1.54) is 11.8 Å². The molecular weight excluding hydrogens is 248 g/mol. The molecule has 7 nitrogen and oxygen atoms in total. The Labute approximate surface area is 108 Å². The molecule has 0 fully saturated rings. The molecule has 96 valence electrons. The molecule has 0 atom stereocenters. The first-order valence-electron chi connectivity index (χ1n) is 5.35. The first kappa shape index (κ1) is 12.6. The minimum Gasteiger partial charge on any atom is -0.497 e. The van der Waals surface area contributed by atoms with Crippen molar-refractivity contribution in [2.45, 2.75) is 6.54 Å². The van der Waals surface area contributed by atoms with E-state index in [2.05, 4.69) is 10.3 Å². The van der Waals surface area contributed by atoms with E-state index in [1.807, 2.05) is 6.07 Å². The zero-order valence-corrected chi connectivity index (χ0v) is 10.1. The number of ether oxygens (including phenoxy) is 1. The highest BCUT2D eigenvalue weighted by molar-refractivity contribution is 5.92. The third-order valence-corrected chi connectivity index (χ3v) is 2.50. The van der Waals surface area contributed by atoms with Crippen LogP contribution in [0.2, 0.25) is 0 Å². The molecule has 0 radical (unpaired) electrons. The van der Waals surface area contributed by atoms with Gasteiger partial charge in [0.25, 0.3) is 0 Å². The van der Waals surface area contributed by atoms with Crippen LogP contribution >= 0.6 is 0 Å². The number of carbonyl (C=O) groups is 1. The van der Waals surface area contributed by atoms with Crippen molar-refractivity contribution < 1.29 is 14.6 Å². The molecule has 0 saturated carbocycles. The highest BCUT2D eigenvalue weighted by atomic mass is 16.5. The van der Waals surface area contributed by atoms with Crippen molar-refractivity contribution in [3.8, 4) is 23.1 Å². The standard InChI is InChI=1S/C12H10N4O3/c1-19-9-4-2-3-8(7-9)11-10(12(17)18)14-15-16(11)6-5-13/h2-4,7H,6H2,1H3,(H,17,18). The fraction of sp³-hybridized carbons (Fsp3) is 0.167. The maximum Gasteiger partial charge on any atom is 0.358 e. The Morgan fingerprint density at radius 2 is 2.37 bits per heavy atom. The third kappa shape index (κ3) is 2.37. The molecule has 0 unspecified atom stereocenters. The van der Waals surface area contributed by atoms with Crippen LogP contribution in [-0.2, 0) is 6.54 Å². The zero-order valence-electron chi connectivity index (χ0n) is 10.1. The molecule has 0 saturated heterocycles. The summed E-state index contributed by atoms with van der Waals surface area (Å²) in [6, 6.07) is 8.75. The van der Waals surface area contributed by atoms with Gasteiger partial charge in [-0.15, -0.1) is 5.10 Å². The van der Waals surface area contributed by atoms with Crippen molar-refractivity contribution in [1.82, 2.24) is 15.0 Å². The highest BCUT2D eigenvalue weighted by Crippen LogP contribution is 2.25. The summed E-state index contributed by atoms with van der Waals surface area (Å²) in [5.74, 6) is -0.611. The second-order valence-electron chi connectivity index (χ2n) is 3.64. The summed E-state index contributed by atoms with van der Waals surface area (Å²) in [4.78, 5) is 11.1. The summed E-state index contributed by atoms with van der Waals surface area (Å²) in [6.07, 6.45) is 0. The van der Waals surface area contributed by atoms with E-state index in [1.54, 1.807) is 24.3 Å². The summed E-state index contributed by atoms with van der Waals surface area (Å²) in [5.41, 5.74) is 0.674. The number of hydrogen-bond acceptors (Lipinski definition) is 5. The highest BCUT2D eigenvalue weighted by Gasteiger charge is 2.20. The smallest absolute Gasteiger partial charge is 0.358 e. The van der Waals surface area contributed by atoms with E-state index in [0.29, 0.717) is 11.3 Å². The topological polar surface area (TPSA) is 101 Å². The van der Waals surface area contributed by atoms with Gasteiger partial charge in [-0.25, -0.2) is 9.48 Å². The minimum absolute atomic E-state index is 0.0766. The molecule has 0 spiro atoms. The van der Waals surface area contributed by atoms with Crippen LogP contribution in [0.15, 0.2) is 24.3 Å². The molecule has 1 N–H and O–H groups in total. The number of rotatable bonds is 4. The fourth-order valence-corrected chi connectivity index (χ4v) is 1.69. The number of carboxylic acid groups (broad SMARTS) is 1. The van der Waals surface area contributed by atoms with E-state index in [4.69, 9.17) is 15.1 Å². The Morgan fingerprint density at radius 3 is 3.00 bits per heavy atom. The van der Waals surface area contributed by atoms with Crippen molar-refractivity contribution in [2.75, 3.05) is 7.11 Å². The lowest BCUT2D eigenvalue weighted by Gasteiger charge is -2.06. The van der Waals surface area contributed by atoms with Gasteiger partial charge < -0.3 is 9.84 Å². The number of methoxy groups -OCH3 is 1. The number of hydrogen-bond donors (Lipinski definition) is 1. The SMILES string of the molecule is COc1cccc(-c2c(C(=O)O)nnn2CC#N)c1. The van der Waals surface area contributed by atoms with Crippen LogP contribution in [-0.4, -0.2) is 33.2 Å². The van der Waals surface area contributed by atoms with Crippen LogP contribution < -0.4 is 4.74 Å². The first-order chi connectivity index (χ1) is 9.17. The molecular formula is C12H10N4O3. The largest absolute Gasteiger partial charge is 0.497 e. The normalized spacial score (nSPS) is 9.89. The quantitative estimate of drug-likeness (QED) is 0.883. The number of aromatic nitrogens is 3. The van der Waals surface area contributed by atoms with E-state index in [-0.39, 0.29) is 17.9 Å². The molecule has 7 heteroatoms. The van der Waals surface area contributed by atoms with Crippen LogP contribution in [0.25, 0.3) is 11.3 Å². The lowest BCUT2D eigenvalue weighted by molar-refractivity contribution is 0.0691. The Balaban J connectivity index is 2.61. The van der Waals surface area contributed by atoms with E-state index in [9.17, 15) is 4.79 Å². The van der Waals surface area contributed by atoms with Crippen LogP contribution in [0.1, 0.15) is 10.5 Å². The molecule has 2 aromatic rings. The van der Waals surface area contributed by atoms with Gasteiger partial charge in [0.15, 0.2) is 5.69 Å². The number of nitriles is 1. The van der Waals surface area contributed by atoms with Gasteiger partial charge >= 0.3 is 5.97 Å². The molecule has 19 heavy (non-hydrogen) atoms. The maximum absolute atomic E-state index is 11.1. The molecule has 1 aromatic carbocycles. The first-order valence-corrected chi connectivity index (χ1v) is 5.35. The molecule has 0 bridgehead atoms. The van der Waals surface area contributed by atoms with Gasteiger partial charge in [-0.1, -0.05) is 17.3 Å². The number of aromatic carboxylic acids is 1. The summed E-state index contributed by atoms with van der Waals surface area (Å²) in [5, 5.41) is 25.1. The van der Waals surface area contributed by atoms with Crippen LogP contribution in [0.4, 0.5) is 0 Å². The van der Waals surface area contributed by atoms with Crippen molar-refractivity contribution in [2.24, 2.45) is 0 Å². The summed E-state index contributed by atoms with van der Waals surface area (Å²) in [7, 11) is 1.52. The van der Waals surface area contributed by atoms with Gasteiger partial charge in [0.2, 0.25) is 0 Å². The Morgan fingerprint density at radius 1 is 1.58 bits per heavy atom. The molecule has 0 amide bonds. The average Bonchev–Trinajstić information content (AvgIpc) is 2.83. The second kappa shape index (κ2) is 5.18. The van der Waals surface area contributed by atoms with Crippen molar-refractivity contribution in [3.05, 3.63) is 30.0 Å². The molecule has 1 heterocycles. The van der Waals surface area contributed by atoms with Gasteiger partial charge in [0.1, 0.15) is 18.0 Å². The third-order valence-electron chi connectivity index (χ3n) is 2.50. The van der Waals surface area contributed by atoms with Gasteiger partial charge in [-0.05, 0) is 12.1 Å².